The third-order valence-electron chi connectivity index (χ3n) is 5.18. The van der Waals surface area contributed by atoms with Crippen LogP contribution in [0.15, 0.2) is 30.5 Å². The van der Waals surface area contributed by atoms with Gasteiger partial charge < -0.3 is 15.3 Å². The van der Waals surface area contributed by atoms with Gasteiger partial charge in [0, 0.05) is 38.3 Å². The molecule has 4 rings (SSSR count). The minimum absolute atomic E-state index is 0.270. The van der Waals surface area contributed by atoms with Gasteiger partial charge in [-0.05, 0) is 30.5 Å². The Bertz CT molecular complexity index is 692. The fourth-order valence-corrected chi connectivity index (χ4v) is 3.78. The van der Waals surface area contributed by atoms with Crippen LogP contribution in [-0.2, 0) is 13.1 Å². The number of β-amino-alcohol motifs (C(OH)–C–C–N with tert-alkyl or cyclic N) is 1. The number of aromatic nitrogens is 2. The molecule has 1 saturated heterocycles. The molecular formula is C18H23FN4O. The van der Waals surface area contributed by atoms with Crippen molar-refractivity contribution in [3.63, 3.8) is 0 Å². The molecule has 0 amide bonds. The summed E-state index contributed by atoms with van der Waals surface area (Å²) in [5.74, 6) is -0.270. The first-order valence-electron chi connectivity index (χ1n) is 8.62. The molecule has 2 aromatic rings. The molecule has 0 saturated carbocycles. The maximum atomic E-state index is 13.0. The van der Waals surface area contributed by atoms with Gasteiger partial charge in [0.15, 0.2) is 0 Å². The predicted molar refractivity (Wildman–Crippen MR) is 88.8 cm³/mol. The van der Waals surface area contributed by atoms with Crippen molar-refractivity contribution >= 4 is 0 Å². The molecule has 2 aliphatic rings. The summed E-state index contributed by atoms with van der Waals surface area (Å²) >= 11 is 0. The van der Waals surface area contributed by atoms with Crippen molar-refractivity contribution in [2.45, 2.75) is 38.1 Å². The average Bonchev–Trinajstić information content (AvgIpc) is 3.20. The van der Waals surface area contributed by atoms with Crippen molar-refractivity contribution in [1.82, 2.24) is 20.0 Å². The van der Waals surface area contributed by atoms with E-state index in [4.69, 9.17) is 0 Å². The van der Waals surface area contributed by atoms with Gasteiger partial charge in [0.05, 0.1) is 24.0 Å². The van der Waals surface area contributed by atoms with Crippen molar-refractivity contribution in [2.75, 3.05) is 19.6 Å². The summed E-state index contributed by atoms with van der Waals surface area (Å²) in [4.78, 5) is 2.28. The molecule has 6 heteroatoms. The summed E-state index contributed by atoms with van der Waals surface area (Å²) in [5, 5.41) is 18.3. The maximum Gasteiger partial charge on any atom is 0.123 e. The number of aliphatic hydroxyl groups is 1. The minimum atomic E-state index is -0.569. The Labute approximate surface area is 141 Å². The van der Waals surface area contributed by atoms with Crippen LogP contribution in [0.4, 0.5) is 4.39 Å². The van der Waals surface area contributed by atoms with Crippen LogP contribution in [-0.4, -0.2) is 39.4 Å². The number of nitrogens with one attached hydrogen (secondary N) is 1. The zero-order valence-corrected chi connectivity index (χ0v) is 13.7. The average molecular weight is 330 g/mol. The van der Waals surface area contributed by atoms with Gasteiger partial charge in [-0.2, -0.15) is 5.10 Å². The molecule has 3 heterocycles. The van der Waals surface area contributed by atoms with E-state index in [-0.39, 0.29) is 5.82 Å². The molecular weight excluding hydrogens is 307 g/mol. The second kappa shape index (κ2) is 6.63. The van der Waals surface area contributed by atoms with Crippen LogP contribution in [0.1, 0.15) is 41.8 Å². The van der Waals surface area contributed by atoms with Gasteiger partial charge in [-0.1, -0.05) is 12.1 Å². The van der Waals surface area contributed by atoms with Crippen LogP contribution in [0.5, 0.6) is 0 Å². The third kappa shape index (κ3) is 3.09. The van der Waals surface area contributed by atoms with E-state index >= 15 is 0 Å². The number of halogens is 1. The highest BCUT2D eigenvalue weighted by Gasteiger charge is 2.26. The summed E-state index contributed by atoms with van der Waals surface area (Å²) in [6, 6.07) is 6.57. The zero-order chi connectivity index (χ0) is 16.5. The molecule has 24 heavy (non-hydrogen) atoms. The molecule has 1 aromatic heterocycles. The largest absolute Gasteiger partial charge is 0.387 e. The van der Waals surface area contributed by atoms with Crippen molar-refractivity contribution in [3.8, 4) is 0 Å². The number of aliphatic hydroxyl groups excluding tert-OH is 1. The van der Waals surface area contributed by atoms with Gasteiger partial charge >= 0.3 is 0 Å². The first-order chi connectivity index (χ1) is 11.7. The van der Waals surface area contributed by atoms with Crippen LogP contribution in [0, 0.1) is 5.82 Å². The van der Waals surface area contributed by atoms with E-state index in [1.807, 2.05) is 6.20 Å². The highest BCUT2D eigenvalue weighted by molar-refractivity contribution is 5.22. The fourth-order valence-electron chi connectivity index (χ4n) is 3.78. The molecule has 0 bridgehead atoms. The second-order valence-corrected chi connectivity index (χ2v) is 6.76. The molecule has 2 N–H and O–H groups in total. The van der Waals surface area contributed by atoms with Gasteiger partial charge in [0.2, 0.25) is 0 Å². The Kier molecular flexibility index (Phi) is 4.35. The molecule has 0 radical (unpaired) electrons. The Morgan fingerprint density at radius 1 is 1.21 bits per heavy atom. The number of nitrogens with zero attached hydrogens (tertiary/aromatic N) is 3. The SMILES string of the molecule is OC(CN1CCC(n2ncc3c2CNC3)CC1)c1ccc(F)cc1. The van der Waals surface area contributed by atoms with Gasteiger partial charge in [-0.15, -0.1) is 0 Å². The highest BCUT2D eigenvalue weighted by Crippen LogP contribution is 2.27. The van der Waals surface area contributed by atoms with Crippen molar-refractivity contribution in [2.24, 2.45) is 0 Å². The lowest BCUT2D eigenvalue weighted by atomic mass is 10.0. The lowest BCUT2D eigenvalue weighted by molar-refractivity contribution is 0.0885. The number of benzene rings is 1. The van der Waals surface area contributed by atoms with Crippen LogP contribution in [0.2, 0.25) is 0 Å². The van der Waals surface area contributed by atoms with Gasteiger partial charge in [0.25, 0.3) is 0 Å². The van der Waals surface area contributed by atoms with Crippen LogP contribution in [0.25, 0.3) is 0 Å². The van der Waals surface area contributed by atoms with Gasteiger partial charge in [-0.3, -0.25) is 4.68 Å². The number of rotatable bonds is 4. The molecule has 5 nitrogen and oxygen atoms in total. The van der Waals surface area contributed by atoms with E-state index < -0.39 is 6.10 Å². The first kappa shape index (κ1) is 15.7. The summed E-state index contributed by atoms with van der Waals surface area (Å²) in [7, 11) is 0. The van der Waals surface area contributed by atoms with Crippen molar-refractivity contribution in [3.05, 3.63) is 53.1 Å². The van der Waals surface area contributed by atoms with Crippen LogP contribution >= 0.6 is 0 Å². The van der Waals surface area contributed by atoms with Crippen molar-refractivity contribution in [1.29, 1.82) is 0 Å². The van der Waals surface area contributed by atoms with Crippen LogP contribution < -0.4 is 5.32 Å². The van der Waals surface area contributed by atoms with E-state index in [9.17, 15) is 9.50 Å². The number of hydrogen-bond acceptors (Lipinski definition) is 4. The smallest absolute Gasteiger partial charge is 0.123 e. The Balaban J connectivity index is 1.33. The molecule has 2 aliphatic heterocycles. The Morgan fingerprint density at radius 2 is 1.96 bits per heavy atom. The topological polar surface area (TPSA) is 53.3 Å². The van der Waals surface area contributed by atoms with E-state index in [0.717, 1.165) is 44.6 Å². The lowest BCUT2D eigenvalue weighted by Crippen LogP contribution is -2.37. The van der Waals surface area contributed by atoms with Gasteiger partial charge in [0.1, 0.15) is 5.82 Å². The molecule has 1 aromatic carbocycles. The van der Waals surface area contributed by atoms with Crippen molar-refractivity contribution < 1.29 is 9.50 Å². The zero-order valence-electron chi connectivity index (χ0n) is 13.7. The number of likely N-dealkylation sites (tertiary alicyclic amines) is 1. The number of fused-ring (bicyclic) bond motifs is 1. The first-order valence-corrected chi connectivity index (χ1v) is 8.62. The Hall–Kier alpha value is -1.76. The quantitative estimate of drug-likeness (QED) is 0.900. The van der Waals surface area contributed by atoms with Crippen LogP contribution in [0.3, 0.4) is 0 Å². The normalized spacial score (nSPS) is 20.2. The summed E-state index contributed by atoms with van der Waals surface area (Å²) < 4.78 is 15.2. The predicted octanol–water partition coefficient (Wildman–Crippen LogP) is 2.00. The summed E-state index contributed by atoms with van der Waals surface area (Å²) in [6.07, 6.45) is 3.51. The lowest BCUT2D eigenvalue weighted by Gasteiger charge is -2.33. The summed E-state index contributed by atoms with van der Waals surface area (Å²) in [5.41, 5.74) is 3.43. The minimum Gasteiger partial charge on any atom is -0.387 e. The molecule has 1 fully saturated rings. The highest BCUT2D eigenvalue weighted by atomic mass is 19.1. The van der Waals surface area contributed by atoms with E-state index in [0.29, 0.717) is 12.6 Å². The molecule has 1 atom stereocenters. The van der Waals surface area contributed by atoms with E-state index in [2.05, 4.69) is 20.0 Å². The molecule has 128 valence electrons. The number of hydrogen-bond donors (Lipinski definition) is 2. The van der Waals surface area contributed by atoms with E-state index in [1.165, 1.54) is 23.4 Å². The van der Waals surface area contributed by atoms with Gasteiger partial charge in [-0.25, -0.2) is 4.39 Å². The fraction of sp³-hybridized carbons (Fsp3) is 0.500. The standard InChI is InChI=1S/C18H23FN4O/c19-15-3-1-13(2-4-15)18(24)12-22-7-5-16(6-8-22)23-17-11-20-9-14(17)10-21-23/h1-4,10,16,18,20,24H,5-9,11-12H2. The summed E-state index contributed by atoms with van der Waals surface area (Å²) in [6.45, 7) is 4.34. The van der Waals surface area contributed by atoms with E-state index in [1.54, 1.807) is 12.1 Å². The maximum absolute atomic E-state index is 13.0. The second-order valence-electron chi connectivity index (χ2n) is 6.76. The number of piperidine rings is 1. The molecule has 1 unspecified atom stereocenters. The third-order valence-corrected chi connectivity index (χ3v) is 5.18. The monoisotopic (exact) mass is 330 g/mol. The Morgan fingerprint density at radius 3 is 2.71 bits per heavy atom. The molecule has 0 aliphatic carbocycles. The molecule has 0 spiro atoms.